The lowest BCUT2D eigenvalue weighted by Gasteiger charge is -2.14. The number of halogens is 5. The van der Waals surface area contributed by atoms with Crippen molar-refractivity contribution in [2.45, 2.75) is 19.2 Å². The third kappa shape index (κ3) is 3.85. The average molecular weight is 256 g/mol. The lowest BCUT2D eigenvalue weighted by molar-refractivity contribution is -0.139. The summed E-state index contributed by atoms with van der Waals surface area (Å²) < 4.78 is 65.7. The number of rotatable bonds is 4. The van der Waals surface area contributed by atoms with E-state index in [1.165, 1.54) is 6.07 Å². The molecule has 0 atom stereocenters. The summed E-state index contributed by atoms with van der Waals surface area (Å²) in [7, 11) is 0. The van der Waals surface area contributed by atoms with Crippen molar-refractivity contribution in [3.8, 4) is 5.75 Å². The lowest BCUT2D eigenvalue weighted by atomic mass is 10.1. The molecule has 0 aromatic heterocycles. The second-order valence-electron chi connectivity index (χ2n) is 3.19. The van der Waals surface area contributed by atoms with Gasteiger partial charge in [-0.2, -0.15) is 13.2 Å². The molecule has 0 amide bonds. The molecule has 0 saturated heterocycles. The third-order valence-corrected chi connectivity index (χ3v) is 1.90. The minimum absolute atomic E-state index is 0.0294. The molecule has 0 bridgehead atoms. The van der Waals surface area contributed by atoms with Crippen molar-refractivity contribution >= 4 is 0 Å². The molecule has 1 aromatic carbocycles. The Hall–Kier alpha value is -1.37. The van der Waals surface area contributed by atoms with E-state index >= 15 is 0 Å². The van der Waals surface area contributed by atoms with Gasteiger partial charge in [-0.25, -0.2) is 8.78 Å². The summed E-state index contributed by atoms with van der Waals surface area (Å²) in [6.07, 6.45) is -7.57. The maximum atomic E-state index is 12.5. The predicted octanol–water partition coefficient (Wildman–Crippen LogP) is 2.84. The maximum Gasteiger partial charge on any atom is 0.419 e. The number of hydrogen-bond acceptors (Lipinski definition) is 2. The van der Waals surface area contributed by atoms with Crippen LogP contribution in [0.3, 0.4) is 0 Å². The van der Waals surface area contributed by atoms with Gasteiger partial charge in [0.05, 0.1) is 12.2 Å². The minimum atomic E-state index is -4.72. The smallest absolute Gasteiger partial charge is 0.419 e. The van der Waals surface area contributed by atoms with Gasteiger partial charge in [-0.3, -0.25) is 0 Å². The molecule has 0 radical (unpaired) electrons. The van der Waals surface area contributed by atoms with Gasteiger partial charge in [0.1, 0.15) is 12.4 Å². The molecular weight excluding hydrogens is 247 g/mol. The van der Waals surface area contributed by atoms with Crippen molar-refractivity contribution in [1.29, 1.82) is 0 Å². The Bertz CT molecular complexity index is 375. The van der Waals surface area contributed by atoms with Crippen LogP contribution in [0.15, 0.2) is 18.2 Å². The van der Waals surface area contributed by atoms with E-state index in [0.29, 0.717) is 6.07 Å². The SMILES string of the molecule is OCc1ccc(OCC(F)F)c(C(F)(F)F)c1. The summed E-state index contributed by atoms with van der Waals surface area (Å²) in [6.45, 7) is -1.68. The molecule has 1 N–H and O–H groups in total. The molecule has 96 valence electrons. The summed E-state index contributed by atoms with van der Waals surface area (Å²) in [6, 6.07) is 2.76. The summed E-state index contributed by atoms with van der Waals surface area (Å²) in [5, 5.41) is 8.71. The van der Waals surface area contributed by atoms with Crippen LogP contribution >= 0.6 is 0 Å². The average Bonchev–Trinajstić information content (AvgIpc) is 2.24. The fraction of sp³-hybridized carbons (Fsp3) is 0.400. The Kier molecular flexibility index (Phi) is 4.28. The van der Waals surface area contributed by atoms with Gasteiger partial charge in [0.15, 0.2) is 0 Å². The molecule has 0 saturated carbocycles. The van der Waals surface area contributed by atoms with Gasteiger partial charge in [-0.05, 0) is 17.7 Å². The molecule has 2 nitrogen and oxygen atoms in total. The number of benzene rings is 1. The molecule has 17 heavy (non-hydrogen) atoms. The first-order chi connectivity index (χ1) is 7.84. The highest BCUT2D eigenvalue weighted by Gasteiger charge is 2.34. The number of ether oxygens (including phenoxy) is 1. The Morgan fingerprint density at radius 1 is 1.24 bits per heavy atom. The van der Waals surface area contributed by atoms with E-state index in [1.54, 1.807) is 0 Å². The zero-order chi connectivity index (χ0) is 13.1. The first kappa shape index (κ1) is 13.7. The highest BCUT2D eigenvalue weighted by atomic mass is 19.4. The van der Waals surface area contributed by atoms with Gasteiger partial charge < -0.3 is 9.84 Å². The van der Waals surface area contributed by atoms with Crippen LogP contribution in [0.4, 0.5) is 22.0 Å². The van der Waals surface area contributed by atoms with Crippen LogP contribution in [0.1, 0.15) is 11.1 Å². The van der Waals surface area contributed by atoms with Gasteiger partial charge in [0.25, 0.3) is 6.43 Å². The minimum Gasteiger partial charge on any atom is -0.487 e. The molecule has 0 spiro atoms. The Morgan fingerprint density at radius 3 is 2.35 bits per heavy atom. The molecule has 0 aliphatic carbocycles. The zero-order valence-corrected chi connectivity index (χ0v) is 8.47. The van der Waals surface area contributed by atoms with Gasteiger partial charge >= 0.3 is 6.18 Å². The van der Waals surface area contributed by atoms with E-state index in [2.05, 4.69) is 4.74 Å². The number of aliphatic hydroxyl groups is 1. The van der Waals surface area contributed by atoms with E-state index in [0.717, 1.165) is 6.07 Å². The number of alkyl halides is 5. The quantitative estimate of drug-likeness (QED) is 0.839. The van der Waals surface area contributed by atoms with Crippen LogP contribution in [-0.2, 0) is 12.8 Å². The van der Waals surface area contributed by atoms with Crippen molar-refractivity contribution in [3.63, 3.8) is 0 Å². The molecule has 1 rings (SSSR count). The zero-order valence-electron chi connectivity index (χ0n) is 8.47. The third-order valence-electron chi connectivity index (χ3n) is 1.90. The summed E-state index contributed by atoms with van der Waals surface area (Å²) in [5.41, 5.74) is -1.15. The topological polar surface area (TPSA) is 29.5 Å². The van der Waals surface area contributed by atoms with Crippen molar-refractivity contribution in [1.82, 2.24) is 0 Å². The van der Waals surface area contributed by atoms with Crippen LogP contribution in [0.25, 0.3) is 0 Å². The summed E-state index contributed by atoms with van der Waals surface area (Å²) >= 11 is 0. The molecule has 1 aromatic rings. The van der Waals surface area contributed by atoms with Crippen molar-refractivity contribution in [3.05, 3.63) is 29.3 Å². The molecule has 7 heteroatoms. The lowest BCUT2D eigenvalue weighted by Crippen LogP contribution is -2.13. The molecular formula is C10H9F5O2. The molecule has 0 aliphatic rings. The van der Waals surface area contributed by atoms with Crippen LogP contribution in [0, 0.1) is 0 Å². The Balaban J connectivity index is 3.03. The van der Waals surface area contributed by atoms with Crippen molar-refractivity contribution in [2.24, 2.45) is 0 Å². The van der Waals surface area contributed by atoms with E-state index in [9.17, 15) is 22.0 Å². The second-order valence-corrected chi connectivity index (χ2v) is 3.19. The standard InChI is InChI=1S/C10H9F5O2/c11-9(12)5-17-8-2-1-6(4-16)3-7(8)10(13,14)15/h1-3,9,16H,4-5H2. The Morgan fingerprint density at radius 2 is 1.88 bits per heavy atom. The van der Waals surface area contributed by atoms with E-state index in [4.69, 9.17) is 5.11 Å². The largest absolute Gasteiger partial charge is 0.487 e. The summed E-state index contributed by atoms with van der Waals surface area (Å²) in [4.78, 5) is 0. The van der Waals surface area contributed by atoms with E-state index < -0.39 is 37.1 Å². The van der Waals surface area contributed by atoms with Crippen LogP contribution in [-0.4, -0.2) is 18.1 Å². The van der Waals surface area contributed by atoms with Crippen molar-refractivity contribution in [2.75, 3.05) is 6.61 Å². The number of aliphatic hydroxyl groups excluding tert-OH is 1. The highest BCUT2D eigenvalue weighted by molar-refractivity contribution is 5.39. The van der Waals surface area contributed by atoms with Crippen LogP contribution < -0.4 is 4.74 Å². The first-order valence-electron chi connectivity index (χ1n) is 4.56. The normalized spacial score (nSPS) is 11.9. The van der Waals surface area contributed by atoms with Crippen molar-refractivity contribution < 1.29 is 31.8 Å². The summed E-state index contributed by atoms with van der Waals surface area (Å²) in [5.74, 6) is -0.671. The molecule has 0 heterocycles. The number of hydrogen-bond donors (Lipinski definition) is 1. The van der Waals surface area contributed by atoms with Crippen LogP contribution in [0.5, 0.6) is 5.75 Å². The first-order valence-corrected chi connectivity index (χ1v) is 4.56. The Labute approximate surface area is 93.6 Å². The van der Waals surface area contributed by atoms with Gasteiger partial charge in [0.2, 0.25) is 0 Å². The fourth-order valence-corrected chi connectivity index (χ4v) is 1.18. The van der Waals surface area contributed by atoms with Gasteiger partial charge in [-0.15, -0.1) is 0 Å². The highest BCUT2D eigenvalue weighted by Crippen LogP contribution is 2.37. The van der Waals surface area contributed by atoms with Crippen LogP contribution in [0.2, 0.25) is 0 Å². The predicted molar refractivity (Wildman–Crippen MR) is 48.9 cm³/mol. The van der Waals surface area contributed by atoms with E-state index in [1.807, 2.05) is 0 Å². The van der Waals surface area contributed by atoms with Gasteiger partial charge in [0, 0.05) is 0 Å². The fourth-order valence-electron chi connectivity index (χ4n) is 1.18. The van der Waals surface area contributed by atoms with E-state index in [-0.39, 0.29) is 5.56 Å². The monoisotopic (exact) mass is 256 g/mol. The molecule has 0 aliphatic heterocycles. The molecule has 0 fully saturated rings. The van der Waals surface area contributed by atoms with Gasteiger partial charge in [-0.1, -0.05) is 6.07 Å². The second kappa shape index (κ2) is 5.31. The molecule has 0 unspecified atom stereocenters. The maximum absolute atomic E-state index is 12.5.